The molecule has 9 nitrogen and oxygen atoms in total. The third-order valence-electron chi connectivity index (χ3n) is 10.3. The molecule has 254 valence electrons. The molecule has 7 rings (SSSR count). The maximum absolute atomic E-state index is 14.5. The normalized spacial score (nSPS) is 29.0. The van der Waals surface area contributed by atoms with Gasteiger partial charge in [-0.1, -0.05) is 66.7 Å². The Hall–Kier alpha value is -3.64. The Labute approximate surface area is 284 Å². The summed E-state index contributed by atoms with van der Waals surface area (Å²) in [6, 6.07) is 13.3. The Balaban J connectivity index is 1.18. The van der Waals surface area contributed by atoms with E-state index in [4.69, 9.17) is 4.74 Å². The van der Waals surface area contributed by atoms with E-state index in [1.165, 1.54) is 23.5 Å². The minimum Gasteiger partial charge on any atom is -0.465 e. The first-order chi connectivity index (χ1) is 23.1. The Morgan fingerprint density at radius 1 is 1.08 bits per heavy atom. The molecule has 0 spiro atoms. The second-order valence-electron chi connectivity index (χ2n) is 13.8. The number of benzene rings is 2. The van der Waals surface area contributed by atoms with Crippen molar-refractivity contribution < 1.29 is 31.9 Å². The van der Waals surface area contributed by atoms with Gasteiger partial charge in [0, 0.05) is 18.8 Å². The topological polar surface area (TPSA) is 123 Å². The second-order valence-corrected chi connectivity index (χ2v) is 16.8. The van der Waals surface area contributed by atoms with Crippen LogP contribution in [0.3, 0.4) is 0 Å². The van der Waals surface area contributed by atoms with Crippen LogP contribution in [0.5, 0.6) is 5.19 Å². The number of rotatable bonds is 7. The van der Waals surface area contributed by atoms with Gasteiger partial charge in [-0.2, -0.15) is 0 Å². The molecule has 12 heteroatoms. The number of thiazole rings is 1. The standard InChI is InChI=1S/C36H40FN3O6S2/c37-26-13-16-29-32(18-26)47-35(38-29)46-27-19-30-31(41)21-36(34(43)39-48(44,45)28-14-15-28)20-25(36)12-8-3-1-2-7-11-24(33(42)40(30)22-27)17-23-9-5-4-6-10-23/h4-6,8-10,12-13,16,18,24-25,27-28,30H,1-3,7,11,14-15,17,19-22H2,(H,39,43)/b12-8-/t24-,25+,27-,30+,36-/m1/s1. The summed E-state index contributed by atoms with van der Waals surface area (Å²) < 4.78 is 48.6. The molecule has 0 bridgehead atoms. The average molecular weight is 694 g/mol. The number of fused-ring (bicyclic) bond motifs is 3. The van der Waals surface area contributed by atoms with Crippen LogP contribution in [-0.4, -0.2) is 59.8 Å². The van der Waals surface area contributed by atoms with E-state index < -0.39 is 38.7 Å². The Kier molecular flexibility index (Phi) is 9.14. The molecule has 4 aliphatic rings. The molecule has 2 saturated carbocycles. The summed E-state index contributed by atoms with van der Waals surface area (Å²) >= 11 is 1.21. The molecule has 5 atom stereocenters. The number of nitrogens with zero attached hydrogens (tertiary/aromatic N) is 2. The number of nitrogens with one attached hydrogen (secondary N) is 1. The number of carbonyl (C=O) groups excluding carboxylic acids is 3. The SMILES string of the molecule is O=C1C[C@]2(C(=O)NS(=O)(=O)C3CC3)C[C@@H]2/C=C\CCCCC[C@H](Cc2ccccc2)C(=O)N2C[C@H](Oc3nc4ccc(F)cc4s3)C[C@@H]12. The van der Waals surface area contributed by atoms with Gasteiger partial charge in [-0.25, -0.2) is 17.8 Å². The van der Waals surface area contributed by atoms with Crippen molar-refractivity contribution in [3.05, 3.63) is 72.1 Å². The summed E-state index contributed by atoms with van der Waals surface area (Å²) in [6.45, 7) is 0.170. The summed E-state index contributed by atoms with van der Waals surface area (Å²) in [4.78, 5) is 48.6. The molecule has 2 aromatic carbocycles. The highest BCUT2D eigenvalue weighted by atomic mass is 32.2. The molecular formula is C36H40FN3O6S2. The maximum atomic E-state index is 14.5. The zero-order valence-electron chi connectivity index (χ0n) is 26.7. The number of hydrogen-bond acceptors (Lipinski definition) is 8. The summed E-state index contributed by atoms with van der Waals surface area (Å²) in [5, 5.41) is -0.234. The molecule has 2 aliphatic carbocycles. The molecule has 2 aliphatic heterocycles. The van der Waals surface area contributed by atoms with Gasteiger partial charge in [-0.3, -0.25) is 19.1 Å². The van der Waals surface area contributed by atoms with Crippen molar-refractivity contribution in [2.75, 3.05) is 6.54 Å². The van der Waals surface area contributed by atoms with Gasteiger partial charge >= 0.3 is 0 Å². The number of sulfonamides is 1. The molecule has 2 amide bonds. The first kappa shape index (κ1) is 32.9. The average Bonchev–Trinajstić information content (AvgIpc) is 3.95. The van der Waals surface area contributed by atoms with Crippen molar-refractivity contribution in [1.82, 2.24) is 14.6 Å². The van der Waals surface area contributed by atoms with E-state index in [1.54, 1.807) is 11.0 Å². The smallest absolute Gasteiger partial charge is 0.274 e. The monoisotopic (exact) mass is 693 g/mol. The number of Topliss-reactive ketones (excluding diaryl/α,β-unsaturated/α-hetero) is 1. The van der Waals surface area contributed by atoms with Crippen LogP contribution in [0, 0.1) is 23.1 Å². The second kappa shape index (κ2) is 13.3. The summed E-state index contributed by atoms with van der Waals surface area (Å²) in [5.74, 6) is -2.00. The van der Waals surface area contributed by atoms with Crippen LogP contribution in [0.15, 0.2) is 60.7 Å². The minimum absolute atomic E-state index is 0.121. The van der Waals surface area contributed by atoms with Crippen molar-refractivity contribution in [1.29, 1.82) is 0 Å². The number of halogens is 1. The lowest BCUT2D eigenvalue weighted by molar-refractivity contribution is -0.142. The molecule has 1 N–H and O–H groups in total. The van der Waals surface area contributed by atoms with E-state index in [2.05, 4.69) is 9.71 Å². The molecule has 0 radical (unpaired) electrons. The molecular weight excluding hydrogens is 654 g/mol. The Morgan fingerprint density at radius 3 is 2.69 bits per heavy atom. The fraction of sp³-hybridized carbons (Fsp3) is 0.500. The zero-order chi connectivity index (χ0) is 33.5. The fourth-order valence-electron chi connectivity index (χ4n) is 7.29. The Bertz CT molecular complexity index is 1840. The minimum atomic E-state index is -3.80. The van der Waals surface area contributed by atoms with E-state index in [0.717, 1.165) is 31.2 Å². The third kappa shape index (κ3) is 7.05. The molecule has 1 aromatic heterocycles. The molecule has 48 heavy (non-hydrogen) atoms. The summed E-state index contributed by atoms with van der Waals surface area (Å²) in [5.41, 5.74) is 0.465. The van der Waals surface area contributed by atoms with Gasteiger partial charge in [0.1, 0.15) is 11.9 Å². The molecule has 3 aromatic rings. The van der Waals surface area contributed by atoms with Crippen molar-refractivity contribution in [2.24, 2.45) is 17.3 Å². The van der Waals surface area contributed by atoms with E-state index in [-0.39, 0.29) is 48.7 Å². The van der Waals surface area contributed by atoms with Crippen molar-refractivity contribution in [3.8, 4) is 5.19 Å². The van der Waals surface area contributed by atoms with Gasteiger partial charge in [0.2, 0.25) is 21.8 Å². The van der Waals surface area contributed by atoms with Gasteiger partial charge in [0.15, 0.2) is 5.78 Å². The lowest BCUT2D eigenvalue weighted by Crippen LogP contribution is -2.46. The van der Waals surface area contributed by atoms with Crippen LogP contribution >= 0.6 is 11.3 Å². The molecule has 1 saturated heterocycles. The highest BCUT2D eigenvalue weighted by Gasteiger charge is 2.61. The number of allylic oxidation sites excluding steroid dienone is 2. The number of ether oxygens (including phenoxy) is 1. The fourth-order valence-corrected chi connectivity index (χ4v) is 9.58. The van der Waals surface area contributed by atoms with Crippen molar-refractivity contribution in [2.45, 2.75) is 88.0 Å². The van der Waals surface area contributed by atoms with Gasteiger partial charge in [0.25, 0.3) is 5.19 Å². The quantitative estimate of drug-likeness (QED) is 0.314. The zero-order valence-corrected chi connectivity index (χ0v) is 28.3. The van der Waals surface area contributed by atoms with E-state index in [9.17, 15) is 27.2 Å². The largest absolute Gasteiger partial charge is 0.465 e. The van der Waals surface area contributed by atoms with Gasteiger partial charge in [-0.15, -0.1) is 0 Å². The molecule has 0 unspecified atom stereocenters. The van der Waals surface area contributed by atoms with Gasteiger partial charge in [0.05, 0.1) is 33.5 Å². The van der Waals surface area contributed by atoms with Gasteiger partial charge < -0.3 is 9.64 Å². The summed E-state index contributed by atoms with van der Waals surface area (Å²) in [7, 11) is -3.80. The van der Waals surface area contributed by atoms with E-state index in [0.29, 0.717) is 47.5 Å². The predicted molar refractivity (Wildman–Crippen MR) is 180 cm³/mol. The number of hydrogen-bond donors (Lipinski definition) is 1. The van der Waals surface area contributed by atoms with Crippen LogP contribution in [0.1, 0.15) is 69.8 Å². The van der Waals surface area contributed by atoms with E-state index in [1.807, 2.05) is 42.5 Å². The molecule has 3 heterocycles. The number of ketones is 1. The maximum Gasteiger partial charge on any atom is 0.274 e. The lowest BCUT2D eigenvalue weighted by atomic mass is 9.90. The van der Waals surface area contributed by atoms with Crippen molar-refractivity contribution >= 4 is 49.2 Å². The van der Waals surface area contributed by atoms with Crippen LogP contribution in [0.25, 0.3) is 10.2 Å². The van der Waals surface area contributed by atoms with Gasteiger partial charge in [-0.05, 0) is 74.6 Å². The van der Waals surface area contributed by atoms with Crippen molar-refractivity contribution in [3.63, 3.8) is 0 Å². The van der Waals surface area contributed by atoms with Crippen LogP contribution in [-0.2, 0) is 30.8 Å². The predicted octanol–water partition coefficient (Wildman–Crippen LogP) is 5.74. The Morgan fingerprint density at radius 2 is 1.90 bits per heavy atom. The third-order valence-corrected chi connectivity index (χ3v) is 13.0. The van der Waals surface area contributed by atoms with Crippen LogP contribution in [0.4, 0.5) is 4.39 Å². The molecule has 3 fully saturated rings. The number of carbonyl (C=O) groups is 3. The van der Waals surface area contributed by atoms with E-state index >= 15 is 0 Å². The number of amides is 2. The summed E-state index contributed by atoms with van der Waals surface area (Å²) in [6.07, 6.45) is 9.69. The highest BCUT2D eigenvalue weighted by Crippen LogP contribution is 2.57. The van der Waals surface area contributed by atoms with Crippen LogP contribution < -0.4 is 9.46 Å². The highest BCUT2D eigenvalue weighted by molar-refractivity contribution is 7.90. The van der Waals surface area contributed by atoms with Crippen LogP contribution in [0.2, 0.25) is 0 Å². The first-order valence-corrected chi connectivity index (χ1v) is 19.3. The lowest BCUT2D eigenvalue weighted by Gasteiger charge is -2.29. The first-order valence-electron chi connectivity index (χ1n) is 16.9. The number of aromatic nitrogens is 1.